The molecule has 3 N–H and O–H groups in total. The first-order valence-electron chi connectivity index (χ1n) is 6.19. The minimum Gasteiger partial charge on any atom is -0.497 e. The lowest BCUT2D eigenvalue weighted by Crippen LogP contribution is -2.19. The highest BCUT2D eigenvalue weighted by atomic mass is 16.5. The molecule has 1 aromatic heterocycles. The van der Waals surface area contributed by atoms with E-state index in [1.807, 2.05) is 38.2 Å². The van der Waals surface area contributed by atoms with Crippen molar-refractivity contribution < 1.29 is 4.74 Å². The summed E-state index contributed by atoms with van der Waals surface area (Å²) in [6.45, 7) is 2.01. The fourth-order valence-corrected chi connectivity index (χ4v) is 2.13. The molecule has 100 valence electrons. The van der Waals surface area contributed by atoms with Gasteiger partial charge in [0.05, 0.1) is 13.2 Å². The standard InChI is InChI=1S/C15H19N3O/c1-10-8-13(15(16)18-9-10)14(17-2)11-4-6-12(19-3)7-5-11/h4-9,14,17H,1-3H3,(H2,16,18). The van der Waals surface area contributed by atoms with Gasteiger partial charge < -0.3 is 15.8 Å². The second-order valence-corrected chi connectivity index (χ2v) is 4.48. The highest BCUT2D eigenvalue weighted by Gasteiger charge is 2.15. The normalized spacial score (nSPS) is 12.2. The van der Waals surface area contributed by atoms with Gasteiger partial charge in [0.1, 0.15) is 11.6 Å². The van der Waals surface area contributed by atoms with E-state index in [0.29, 0.717) is 5.82 Å². The molecule has 1 aromatic carbocycles. The van der Waals surface area contributed by atoms with E-state index in [9.17, 15) is 0 Å². The Morgan fingerprint density at radius 2 is 1.95 bits per heavy atom. The summed E-state index contributed by atoms with van der Waals surface area (Å²) in [4.78, 5) is 4.22. The number of pyridine rings is 1. The molecular formula is C15H19N3O. The van der Waals surface area contributed by atoms with Crippen LogP contribution in [0.4, 0.5) is 5.82 Å². The van der Waals surface area contributed by atoms with Crippen molar-refractivity contribution in [3.63, 3.8) is 0 Å². The molecule has 1 heterocycles. The van der Waals surface area contributed by atoms with Gasteiger partial charge in [-0.1, -0.05) is 12.1 Å². The zero-order valence-electron chi connectivity index (χ0n) is 11.5. The second-order valence-electron chi connectivity index (χ2n) is 4.48. The number of hydrogen-bond donors (Lipinski definition) is 2. The van der Waals surface area contributed by atoms with Crippen LogP contribution in [0.15, 0.2) is 36.5 Å². The molecule has 19 heavy (non-hydrogen) atoms. The average Bonchev–Trinajstić information content (AvgIpc) is 2.44. The van der Waals surface area contributed by atoms with Crippen molar-refractivity contribution in [3.05, 3.63) is 53.2 Å². The van der Waals surface area contributed by atoms with E-state index in [1.165, 1.54) is 0 Å². The molecule has 1 unspecified atom stereocenters. The Morgan fingerprint density at radius 3 is 2.53 bits per heavy atom. The van der Waals surface area contributed by atoms with Crippen molar-refractivity contribution in [1.29, 1.82) is 0 Å². The summed E-state index contributed by atoms with van der Waals surface area (Å²) in [7, 11) is 3.57. The summed E-state index contributed by atoms with van der Waals surface area (Å²) in [6, 6.07) is 10.0. The van der Waals surface area contributed by atoms with E-state index in [0.717, 1.165) is 22.4 Å². The van der Waals surface area contributed by atoms with Gasteiger partial charge in [-0.3, -0.25) is 0 Å². The first-order valence-corrected chi connectivity index (χ1v) is 6.19. The molecule has 0 aliphatic rings. The summed E-state index contributed by atoms with van der Waals surface area (Å²) < 4.78 is 5.17. The fourth-order valence-electron chi connectivity index (χ4n) is 2.13. The number of nitrogen functional groups attached to an aromatic ring is 1. The number of rotatable bonds is 4. The number of aromatic nitrogens is 1. The molecule has 2 rings (SSSR count). The molecule has 0 bridgehead atoms. The lowest BCUT2D eigenvalue weighted by molar-refractivity contribution is 0.414. The molecule has 4 nitrogen and oxygen atoms in total. The molecule has 0 radical (unpaired) electrons. The Balaban J connectivity index is 2.40. The van der Waals surface area contributed by atoms with Crippen LogP contribution in [0.5, 0.6) is 5.75 Å². The van der Waals surface area contributed by atoms with Gasteiger partial charge >= 0.3 is 0 Å². The molecule has 0 aliphatic carbocycles. The topological polar surface area (TPSA) is 60.2 Å². The van der Waals surface area contributed by atoms with Gasteiger partial charge in [0.2, 0.25) is 0 Å². The predicted octanol–water partition coefficient (Wildman–Crippen LogP) is 2.29. The summed E-state index contributed by atoms with van der Waals surface area (Å²) in [5.74, 6) is 1.40. The molecule has 0 saturated heterocycles. The van der Waals surface area contributed by atoms with Crippen LogP contribution in [0.2, 0.25) is 0 Å². The molecular weight excluding hydrogens is 238 g/mol. The number of nitrogens with two attached hydrogens (primary N) is 1. The third kappa shape index (κ3) is 2.85. The van der Waals surface area contributed by atoms with Crippen molar-refractivity contribution in [2.75, 3.05) is 19.9 Å². The predicted molar refractivity (Wildman–Crippen MR) is 77.3 cm³/mol. The van der Waals surface area contributed by atoms with Gasteiger partial charge in [-0.05, 0) is 43.3 Å². The minimum atomic E-state index is 0.0262. The zero-order valence-corrected chi connectivity index (χ0v) is 11.5. The summed E-state index contributed by atoms with van der Waals surface area (Å²) in [5, 5.41) is 3.28. The Hall–Kier alpha value is -2.07. The van der Waals surface area contributed by atoms with Gasteiger partial charge in [0.15, 0.2) is 0 Å². The largest absolute Gasteiger partial charge is 0.497 e. The number of nitrogens with one attached hydrogen (secondary N) is 1. The number of methoxy groups -OCH3 is 1. The molecule has 4 heteroatoms. The van der Waals surface area contributed by atoms with Crippen LogP contribution in [0, 0.1) is 6.92 Å². The summed E-state index contributed by atoms with van der Waals surface area (Å²) in [6.07, 6.45) is 1.78. The van der Waals surface area contributed by atoms with Gasteiger partial charge in [0, 0.05) is 11.8 Å². The molecule has 0 fully saturated rings. The van der Waals surface area contributed by atoms with Gasteiger partial charge in [-0.2, -0.15) is 0 Å². The van der Waals surface area contributed by atoms with Crippen LogP contribution in [-0.2, 0) is 0 Å². The Bertz CT molecular complexity index is 552. The lowest BCUT2D eigenvalue weighted by atomic mass is 9.98. The number of aryl methyl sites for hydroxylation is 1. The first kappa shape index (κ1) is 13.4. The van der Waals surface area contributed by atoms with E-state index >= 15 is 0 Å². The molecule has 0 spiro atoms. The summed E-state index contributed by atoms with van der Waals surface area (Å²) in [5.41, 5.74) is 9.20. The smallest absolute Gasteiger partial charge is 0.128 e. The number of ether oxygens (including phenoxy) is 1. The monoisotopic (exact) mass is 257 g/mol. The molecule has 0 aliphatic heterocycles. The van der Waals surface area contributed by atoms with Crippen LogP contribution >= 0.6 is 0 Å². The lowest BCUT2D eigenvalue weighted by Gasteiger charge is -2.19. The number of nitrogens with zero attached hydrogens (tertiary/aromatic N) is 1. The quantitative estimate of drug-likeness (QED) is 0.882. The third-order valence-corrected chi connectivity index (χ3v) is 3.14. The van der Waals surface area contributed by atoms with Crippen molar-refractivity contribution in [1.82, 2.24) is 10.3 Å². The summed E-state index contributed by atoms with van der Waals surface area (Å²) >= 11 is 0. The fraction of sp³-hybridized carbons (Fsp3) is 0.267. The van der Waals surface area contributed by atoms with E-state index in [-0.39, 0.29) is 6.04 Å². The van der Waals surface area contributed by atoms with E-state index in [4.69, 9.17) is 10.5 Å². The second kappa shape index (κ2) is 5.71. The maximum Gasteiger partial charge on any atom is 0.128 e. The van der Waals surface area contributed by atoms with Gasteiger partial charge in [-0.15, -0.1) is 0 Å². The molecule has 0 saturated carbocycles. The maximum atomic E-state index is 5.98. The van der Waals surface area contributed by atoms with Crippen LogP contribution in [-0.4, -0.2) is 19.1 Å². The highest BCUT2D eigenvalue weighted by Crippen LogP contribution is 2.27. The maximum absolute atomic E-state index is 5.98. The van der Waals surface area contributed by atoms with Crippen LogP contribution in [0.25, 0.3) is 0 Å². The average molecular weight is 257 g/mol. The van der Waals surface area contributed by atoms with Crippen molar-refractivity contribution in [2.45, 2.75) is 13.0 Å². The van der Waals surface area contributed by atoms with E-state index in [2.05, 4.69) is 16.4 Å². The van der Waals surface area contributed by atoms with E-state index < -0.39 is 0 Å². The SMILES string of the molecule is CNC(c1ccc(OC)cc1)c1cc(C)cnc1N. The van der Waals surface area contributed by atoms with E-state index in [1.54, 1.807) is 13.3 Å². The first-order chi connectivity index (χ1) is 9.15. The molecule has 0 amide bonds. The Labute approximate surface area is 113 Å². The zero-order chi connectivity index (χ0) is 13.8. The van der Waals surface area contributed by atoms with Crippen molar-refractivity contribution >= 4 is 5.82 Å². The highest BCUT2D eigenvalue weighted by molar-refractivity contribution is 5.47. The molecule has 2 aromatic rings. The number of hydrogen-bond acceptors (Lipinski definition) is 4. The van der Waals surface area contributed by atoms with Crippen LogP contribution < -0.4 is 15.8 Å². The number of anilines is 1. The minimum absolute atomic E-state index is 0.0262. The van der Waals surface area contributed by atoms with Gasteiger partial charge in [-0.25, -0.2) is 4.98 Å². The third-order valence-electron chi connectivity index (χ3n) is 3.14. The van der Waals surface area contributed by atoms with Crippen molar-refractivity contribution in [2.24, 2.45) is 0 Å². The van der Waals surface area contributed by atoms with Crippen LogP contribution in [0.3, 0.4) is 0 Å². The molecule has 1 atom stereocenters. The Morgan fingerprint density at radius 1 is 1.26 bits per heavy atom. The van der Waals surface area contributed by atoms with Crippen LogP contribution in [0.1, 0.15) is 22.7 Å². The van der Waals surface area contributed by atoms with Crippen molar-refractivity contribution in [3.8, 4) is 5.75 Å². The Kier molecular flexibility index (Phi) is 4.02. The number of benzene rings is 1. The van der Waals surface area contributed by atoms with Gasteiger partial charge in [0.25, 0.3) is 0 Å².